The molecule has 1 aliphatic heterocycles. The van der Waals surface area contributed by atoms with Gasteiger partial charge >= 0.3 is 23.9 Å². The summed E-state index contributed by atoms with van der Waals surface area (Å²) in [5.41, 5.74) is 1.77. The number of carboxylic acids is 1. The number of hydrogen-bond donors (Lipinski definition) is 8. The standard InChI is InChI=1S/C40H58N8O10S.C24H44N6O8/c1-4-5-17-55-20-22-57-23-21-56-18-8-13-41-36(49)9-6-19-58-33-24-29(2)37(30(3)25-33)59(53,54)47-34(39(51)52)28-45-38(50)31-10-11-35-32(26-31)27-46-48(35)16-7-12-42-40-43-14-15-44-40;1-6-19(24(35)25-2)26-20(31)15-27-7-9-28(16-21(32)36-3)11-13-30(18-23(34)38-5)14-12-29(10-8-27)17-22(33)37-4/h10-11,14-15,24-27,34,47H,4-9,12-13,16-23,28H2,1-3H3,(H,41,49)(H,45,50)(H,51,52)(H2,42,43,44);19H,6-18H2,1-5H3,(H,25,35)(H,26,31)/t;19-/m.1/s1. The molecule has 4 amide bonds. The lowest BCUT2D eigenvalue weighted by Gasteiger charge is -2.33. The molecule has 2 aromatic carbocycles. The summed E-state index contributed by atoms with van der Waals surface area (Å²) in [4.78, 5) is 113. The average Bonchev–Trinajstić information content (AvgIpc) is 1.38. The first kappa shape index (κ1) is 81.5. The van der Waals surface area contributed by atoms with Gasteiger partial charge in [0, 0.05) is 129 Å². The Kier molecular flexibility index (Phi) is 38.3. The molecule has 0 radical (unpaired) electrons. The number of aromatic amines is 1. The molecule has 1 fully saturated rings. The maximum Gasteiger partial charge on any atom is 0.323 e. The van der Waals surface area contributed by atoms with E-state index in [0.717, 1.165) is 36.8 Å². The van der Waals surface area contributed by atoms with Crippen LogP contribution in [0.2, 0.25) is 0 Å². The number of benzene rings is 2. The SMILES string of the molecule is CCCCOCCOCCOCCCNC(=O)CCCOc1cc(C)c(S(=O)(=O)NC(CNC(=O)c2ccc3c(cnn3CCCNc3ncc[nH]3)c2)C(=O)O)c(C)c1.CC[C@@H](NC(=O)CN1CCN(CC(=O)OC)CCN(CC(=O)OC)CCN(CC(=O)OC)CC1)C(=O)NC. The number of carboxylic acid groups (broad SMARTS) is 1. The zero-order chi connectivity index (χ0) is 71.0. The van der Waals surface area contributed by atoms with Crippen LogP contribution < -0.4 is 36.0 Å². The summed E-state index contributed by atoms with van der Waals surface area (Å²) in [6, 6.07) is 5.81. The number of carbonyl (C=O) groups excluding carboxylic acids is 7. The maximum absolute atomic E-state index is 13.5. The van der Waals surface area contributed by atoms with Crippen molar-refractivity contribution in [3.63, 3.8) is 0 Å². The Hall–Kier alpha value is -7.89. The van der Waals surface area contributed by atoms with Crippen molar-refractivity contribution in [2.45, 2.75) is 96.2 Å². The molecular weight excluding hydrogens is 1280 g/mol. The summed E-state index contributed by atoms with van der Waals surface area (Å²) in [6.45, 7) is 15.9. The van der Waals surface area contributed by atoms with Crippen LogP contribution in [0.1, 0.15) is 80.3 Å². The summed E-state index contributed by atoms with van der Waals surface area (Å²) in [6.07, 6.45) is 9.79. The van der Waals surface area contributed by atoms with Crippen molar-refractivity contribution in [3.8, 4) is 5.75 Å². The highest BCUT2D eigenvalue weighted by atomic mass is 32.2. The molecule has 2 aromatic heterocycles. The van der Waals surface area contributed by atoms with E-state index >= 15 is 0 Å². The molecule has 0 saturated carbocycles. The average molecular weight is 1390 g/mol. The number of imidazole rings is 1. The highest BCUT2D eigenvalue weighted by Gasteiger charge is 2.30. The molecular formula is C64H102N14O18S. The van der Waals surface area contributed by atoms with Crippen LogP contribution in [-0.4, -0.2) is 285 Å². The lowest BCUT2D eigenvalue weighted by atomic mass is 10.1. The molecule has 8 N–H and O–H groups in total. The largest absolute Gasteiger partial charge is 0.494 e. The van der Waals surface area contributed by atoms with Gasteiger partial charge in [-0.1, -0.05) is 20.3 Å². The third kappa shape index (κ3) is 31.5. The molecule has 3 heterocycles. The van der Waals surface area contributed by atoms with Crippen LogP contribution in [-0.2, 0) is 78.6 Å². The Bertz CT molecular complexity index is 3120. The quantitative estimate of drug-likeness (QED) is 0.0174. The van der Waals surface area contributed by atoms with E-state index in [-0.39, 0.29) is 85.3 Å². The van der Waals surface area contributed by atoms with E-state index in [1.165, 1.54) is 28.4 Å². The molecule has 33 heteroatoms. The van der Waals surface area contributed by atoms with Crippen molar-refractivity contribution in [2.75, 3.05) is 178 Å². The summed E-state index contributed by atoms with van der Waals surface area (Å²) in [5, 5.41) is 28.9. The number of unbranched alkanes of at least 4 members (excludes halogenated alkanes) is 1. The number of amides is 4. The number of H-pyrrole nitrogens is 1. The number of sulfonamides is 1. The number of aliphatic carboxylic acids is 1. The van der Waals surface area contributed by atoms with Crippen molar-refractivity contribution in [2.24, 2.45) is 0 Å². The number of methoxy groups -OCH3 is 3. The first-order valence-electron chi connectivity index (χ1n) is 32.7. The van der Waals surface area contributed by atoms with Crippen LogP contribution in [0, 0.1) is 13.8 Å². The highest BCUT2D eigenvalue weighted by molar-refractivity contribution is 7.89. The van der Waals surface area contributed by atoms with E-state index in [4.69, 9.17) is 33.2 Å². The second-order valence-electron chi connectivity index (χ2n) is 22.8. The number of carbonyl (C=O) groups is 8. The van der Waals surface area contributed by atoms with Crippen molar-refractivity contribution >= 4 is 74.4 Å². The predicted molar refractivity (Wildman–Crippen MR) is 359 cm³/mol. The van der Waals surface area contributed by atoms with Gasteiger partial charge in [-0.2, -0.15) is 9.82 Å². The number of rotatable bonds is 41. The van der Waals surface area contributed by atoms with Gasteiger partial charge in [0.2, 0.25) is 27.7 Å². The molecule has 32 nitrogen and oxygen atoms in total. The Balaban J connectivity index is 0.000000455. The fraction of sp³-hybridized carbons (Fsp3) is 0.625. The number of fused-ring (bicyclic) bond motifs is 1. The van der Waals surface area contributed by atoms with E-state index in [1.54, 1.807) is 62.8 Å². The first-order valence-corrected chi connectivity index (χ1v) is 34.2. The Morgan fingerprint density at radius 2 is 1.22 bits per heavy atom. The van der Waals surface area contributed by atoms with E-state index in [9.17, 15) is 51.9 Å². The number of hydrogen-bond acceptors (Lipinski definition) is 24. The summed E-state index contributed by atoms with van der Waals surface area (Å²) in [7, 11) is 1.16. The number of likely N-dealkylation sites (N-methyl/N-ethyl adjacent to an activating group) is 1. The third-order valence-electron chi connectivity index (χ3n) is 15.3. The Morgan fingerprint density at radius 3 is 1.73 bits per heavy atom. The molecule has 2 atom stereocenters. The van der Waals surface area contributed by atoms with E-state index in [1.807, 2.05) is 31.2 Å². The lowest BCUT2D eigenvalue weighted by Crippen LogP contribution is -2.52. The summed E-state index contributed by atoms with van der Waals surface area (Å²) in [5.74, 6) is -2.75. The van der Waals surface area contributed by atoms with Crippen LogP contribution >= 0.6 is 0 Å². The molecule has 0 aliphatic carbocycles. The van der Waals surface area contributed by atoms with Crippen LogP contribution in [0.4, 0.5) is 5.95 Å². The van der Waals surface area contributed by atoms with Crippen LogP contribution in [0.15, 0.2) is 53.8 Å². The van der Waals surface area contributed by atoms with E-state index < -0.39 is 40.5 Å². The molecule has 0 bridgehead atoms. The van der Waals surface area contributed by atoms with Crippen molar-refractivity contribution < 1.29 is 85.0 Å². The van der Waals surface area contributed by atoms with Gasteiger partial charge in [0.15, 0.2) is 5.95 Å². The molecule has 0 spiro atoms. The number of aromatic nitrogens is 4. The molecule has 542 valence electrons. The molecule has 1 saturated heterocycles. The molecule has 1 unspecified atom stereocenters. The fourth-order valence-electron chi connectivity index (χ4n) is 9.97. The van der Waals surface area contributed by atoms with Crippen molar-refractivity contribution in [3.05, 3.63) is 65.6 Å². The Morgan fingerprint density at radius 1 is 0.660 bits per heavy atom. The Labute approximate surface area is 568 Å². The summed E-state index contributed by atoms with van der Waals surface area (Å²) < 4.78 is 67.7. The van der Waals surface area contributed by atoms with E-state index in [0.29, 0.717) is 147 Å². The van der Waals surface area contributed by atoms with Gasteiger partial charge in [0.1, 0.15) is 17.8 Å². The van der Waals surface area contributed by atoms with Gasteiger partial charge in [-0.05, 0) is 87.4 Å². The highest BCUT2D eigenvalue weighted by Crippen LogP contribution is 2.26. The smallest absolute Gasteiger partial charge is 0.323 e. The minimum atomic E-state index is -4.34. The maximum atomic E-state index is 13.5. The topological polar surface area (TPSA) is 387 Å². The van der Waals surface area contributed by atoms with Crippen molar-refractivity contribution in [1.82, 2.24) is 65.3 Å². The number of ether oxygens (including phenoxy) is 7. The molecule has 1 aliphatic rings. The zero-order valence-corrected chi connectivity index (χ0v) is 58.2. The number of esters is 3. The number of nitrogens with zero attached hydrogens (tertiary/aromatic N) is 7. The van der Waals surface area contributed by atoms with Gasteiger partial charge in [-0.25, -0.2) is 13.4 Å². The fourth-order valence-corrected chi connectivity index (χ4v) is 11.6. The van der Waals surface area contributed by atoms with Crippen LogP contribution in [0.25, 0.3) is 10.9 Å². The van der Waals surface area contributed by atoms with Crippen LogP contribution in [0.5, 0.6) is 5.75 Å². The lowest BCUT2D eigenvalue weighted by molar-refractivity contribution is -0.144. The number of nitrogens with one attached hydrogen (secondary N) is 7. The molecule has 97 heavy (non-hydrogen) atoms. The van der Waals surface area contributed by atoms with Gasteiger partial charge in [0.25, 0.3) is 5.91 Å². The number of aryl methyl sites for hydroxylation is 3. The van der Waals surface area contributed by atoms with Crippen LogP contribution in [0.3, 0.4) is 0 Å². The van der Waals surface area contributed by atoms with Gasteiger partial charge in [-0.15, -0.1) is 0 Å². The van der Waals surface area contributed by atoms with Gasteiger partial charge < -0.3 is 69.8 Å². The second kappa shape index (κ2) is 45.6. The zero-order valence-electron chi connectivity index (χ0n) is 57.4. The molecule has 4 aromatic rings. The normalized spacial score (nSPS) is 14.3. The second-order valence-corrected chi connectivity index (χ2v) is 24.4. The third-order valence-corrected chi connectivity index (χ3v) is 17.1. The van der Waals surface area contributed by atoms with E-state index in [2.05, 4.69) is 53.3 Å². The van der Waals surface area contributed by atoms with Crippen molar-refractivity contribution in [1.29, 1.82) is 0 Å². The minimum absolute atomic E-state index is 0.0418. The minimum Gasteiger partial charge on any atom is -0.494 e. The summed E-state index contributed by atoms with van der Waals surface area (Å²) >= 11 is 0. The first-order chi connectivity index (χ1) is 46.6. The monoisotopic (exact) mass is 1390 g/mol. The van der Waals surface area contributed by atoms with Gasteiger partial charge in [0.05, 0.1) is 97.2 Å². The predicted octanol–water partition coefficient (Wildman–Crippen LogP) is 0.923. The number of anilines is 1. The molecule has 5 rings (SSSR count). The van der Waals surface area contributed by atoms with Gasteiger partial charge in [-0.3, -0.25) is 62.6 Å².